The molecule has 0 saturated carbocycles. The highest BCUT2D eigenvalue weighted by Gasteiger charge is 2.19. The number of nitrogens with zero attached hydrogens (tertiary/aromatic N) is 3. The molecule has 1 unspecified atom stereocenters. The Kier molecular flexibility index (Phi) is 7.63. The van der Waals surface area contributed by atoms with Crippen molar-refractivity contribution in [2.24, 2.45) is 11.7 Å². The number of hydrogen-bond donors (Lipinski definition) is 2. The number of primary amides is 1. The largest absolute Gasteiger partial charge is 0.369 e. The van der Waals surface area contributed by atoms with Crippen LogP contribution in [0, 0.1) is 32.5 Å². The van der Waals surface area contributed by atoms with Crippen LogP contribution in [0.25, 0.3) is 5.69 Å². The highest BCUT2D eigenvalue weighted by Crippen LogP contribution is 2.24. The van der Waals surface area contributed by atoms with Crippen molar-refractivity contribution in [3.05, 3.63) is 70.8 Å². The van der Waals surface area contributed by atoms with E-state index in [1.165, 1.54) is 23.9 Å². The number of nitrogens with one attached hydrogen (secondary N) is 1. The average molecular weight is 456 g/mol. The molecule has 0 saturated heterocycles. The van der Waals surface area contributed by atoms with Crippen LogP contribution in [0.4, 0.5) is 4.39 Å². The van der Waals surface area contributed by atoms with E-state index in [4.69, 9.17) is 5.73 Å². The highest BCUT2D eigenvalue weighted by atomic mass is 32.2. The molecular weight excluding hydrogens is 429 g/mol. The first-order valence-electron chi connectivity index (χ1n) is 10.2. The van der Waals surface area contributed by atoms with E-state index >= 15 is 0 Å². The lowest BCUT2D eigenvalue weighted by Crippen LogP contribution is -2.38. The number of halogens is 1. The monoisotopic (exact) mass is 455 g/mol. The maximum absolute atomic E-state index is 13.1. The summed E-state index contributed by atoms with van der Waals surface area (Å²) in [5.41, 5.74) is 9.43. The summed E-state index contributed by atoms with van der Waals surface area (Å²) in [6.45, 7) is 6.01. The highest BCUT2D eigenvalue weighted by molar-refractivity contribution is 7.99. The summed E-state index contributed by atoms with van der Waals surface area (Å²) in [5, 5.41) is 11.8. The molecule has 0 aliphatic carbocycles. The number of benzene rings is 2. The summed E-state index contributed by atoms with van der Waals surface area (Å²) >= 11 is 1.27. The van der Waals surface area contributed by atoms with E-state index in [1.54, 1.807) is 12.1 Å². The van der Waals surface area contributed by atoms with Gasteiger partial charge in [0.25, 0.3) is 0 Å². The third-order valence-electron chi connectivity index (χ3n) is 5.08. The smallest absolute Gasteiger partial charge is 0.230 e. The number of carbonyl (C=O) groups is 2. The Hall–Kier alpha value is -3.20. The van der Waals surface area contributed by atoms with Crippen LogP contribution in [0.1, 0.15) is 22.5 Å². The van der Waals surface area contributed by atoms with Gasteiger partial charge in [-0.1, -0.05) is 36.0 Å². The molecule has 3 aromatic rings. The van der Waals surface area contributed by atoms with Crippen molar-refractivity contribution in [2.75, 3.05) is 12.3 Å². The lowest BCUT2D eigenvalue weighted by atomic mass is 9.98. The molecule has 7 nitrogen and oxygen atoms in total. The topological polar surface area (TPSA) is 103 Å². The molecule has 1 aromatic heterocycles. The van der Waals surface area contributed by atoms with Crippen LogP contribution < -0.4 is 11.1 Å². The van der Waals surface area contributed by atoms with Crippen molar-refractivity contribution in [1.29, 1.82) is 0 Å². The first kappa shape index (κ1) is 23.5. The molecule has 3 rings (SSSR count). The number of amides is 2. The molecule has 0 fully saturated rings. The number of aromatic nitrogens is 3. The van der Waals surface area contributed by atoms with Crippen LogP contribution in [-0.4, -0.2) is 38.9 Å². The molecule has 2 aromatic carbocycles. The molecule has 3 N–H and O–H groups in total. The number of hydrogen-bond acceptors (Lipinski definition) is 5. The fraction of sp³-hybridized carbons (Fsp3) is 0.304. The zero-order chi connectivity index (χ0) is 23.3. The van der Waals surface area contributed by atoms with Crippen molar-refractivity contribution in [2.45, 2.75) is 32.3 Å². The molecule has 2 amide bonds. The van der Waals surface area contributed by atoms with Crippen LogP contribution >= 0.6 is 11.8 Å². The van der Waals surface area contributed by atoms with E-state index < -0.39 is 11.8 Å². The summed E-state index contributed by atoms with van der Waals surface area (Å²) in [7, 11) is 0. The molecule has 0 radical (unpaired) electrons. The Morgan fingerprint density at radius 2 is 1.84 bits per heavy atom. The first-order chi connectivity index (χ1) is 15.2. The average Bonchev–Trinajstić information content (AvgIpc) is 3.12. The Morgan fingerprint density at radius 3 is 2.53 bits per heavy atom. The van der Waals surface area contributed by atoms with Gasteiger partial charge in [0.1, 0.15) is 11.6 Å². The quantitative estimate of drug-likeness (QED) is 0.483. The van der Waals surface area contributed by atoms with Gasteiger partial charge in [-0.15, -0.1) is 10.2 Å². The van der Waals surface area contributed by atoms with Gasteiger partial charge in [0.05, 0.1) is 17.4 Å². The van der Waals surface area contributed by atoms with E-state index in [0.29, 0.717) is 11.6 Å². The molecule has 0 spiro atoms. The minimum absolute atomic E-state index is 0.106. The van der Waals surface area contributed by atoms with Crippen molar-refractivity contribution in [1.82, 2.24) is 20.1 Å². The van der Waals surface area contributed by atoms with Gasteiger partial charge in [0, 0.05) is 6.54 Å². The van der Waals surface area contributed by atoms with E-state index in [2.05, 4.69) is 21.6 Å². The normalized spacial score (nSPS) is 11.9. The summed E-state index contributed by atoms with van der Waals surface area (Å²) < 4.78 is 15.0. The van der Waals surface area contributed by atoms with E-state index in [-0.39, 0.29) is 24.0 Å². The molecule has 0 aliphatic heterocycles. The second-order valence-corrected chi connectivity index (χ2v) is 8.62. The van der Waals surface area contributed by atoms with Gasteiger partial charge >= 0.3 is 0 Å². The molecular formula is C23H26FN5O2S. The van der Waals surface area contributed by atoms with Crippen LogP contribution in [0.5, 0.6) is 0 Å². The molecule has 168 valence electrons. The van der Waals surface area contributed by atoms with Crippen molar-refractivity contribution in [3.8, 4) is 5.69 Å². The molecule has 1 atom stereocenters. The molecule has 9 heteroatoms. The molecule has 0 bridgehead atoms. The second-order valence-electron chi connectivity index (χ2n) is 7.68. The van der Waals surface area contributed by atoms with E-state index in [0.717, 1.165) is 28.2 Å². The predicted molar refractivity (Wildman–Crippen MR) is 122 cm³/mol. The Bertz CT molecular complexity index is 1110. The minimum atomic E-state index is -0.588. The molecule has 1 heterocycles. The van der Waals surface area contributed by atoms with Gasteiger partial charge in [-0.2, -0.15) is 0 Å². The number of carbonyl (C=O) groups excluding carboxylic acids is 2. The second kappa shape index (κ2) is 10.4. The number of nitrogens with two attached hydrogens (primary N) is 1. The first-order valence-corrected chi connectivity index (χ1v) is 11.2. The van der Waals surface area contributed by atoms with Crippen LogP contribution in [-0.2, 0) is 16.0 Å². The van der Waals surface area contributed by atoms with Gasteiger partial charge in [-0.05, 0) is 62.1 Å². The third-order valence-corrected chi connectivity index (χ3v) is 6.01. The van der Waals surface area contributed by atoms with Crippen LogP contribution in [0.15, 0.2) is 47.6 Å². The van der Waals surface area contributed by atoms with Crippen molar-refractivity contribution < 1.29 is 14.0 Å². The molecule has 0 aliphatic rings. The predicted octanol–water partition coefficient (Wildman–Crippen LogP) is 2.88. The lowest BCUT2D eigenvalue weighted by Gasteiger charge is -2.15. The summed E-state index contributed by atoms with van der Waals surface area (Å²) in [6, 6.07) is 12.0. The Morgan fingerprint density at radius 1 is 1.12 bits per heavy atom. The van der Waals surface area contributed by atoms with Gasteiger partial charge < -0.3 is 11.1 Å². The number of aryl methyl sites for hydroxylation is 3. The van der Waals surface area contributed by atoms with Crippen LogP contribution in [0.3, 0.4) is 0 Å². The zero-order valence-electron chi connectivity index (χ0n) is 18.3. The minimum Gasteiger partial charge on any atom is -0.369 e. The standard InChI is InChI=1S/C23H26FN5O2S/c1-14-4-5-15(2)20(10-14)29-16(3)27-28-23(29)32-13-21(30)26-12-18(22(25)31)11-17-6-8-19(24)9-7-17/h4-10,18H,11-13H2,1-3H3,(H2,25,31)(H,26,30). The number of rotatable bonds is 9. The third kappa shape index (κ3) is 5.94. The SMILES string of the molecule is Cc1ccc(C)c(-n2c(C)nnc2SCC(=O)NCC(Cc2ccc(F)cc2)C(N)=O)c1. The fourth-order valence-electron chi connectivity index (χ4n) is 3.27. The molecule has 32 heavy (non-hydrogen) atoms. The Balaban J connectivity index is 1.61. The zero-order valence-corrected chi connectivity index (χ0v) is 19.1. The van der Waals surface area contributed by atoms with Crippen molar-refractivity contribution in [3.63, 3.8) is 0 Å². The maximum Gasteiger partial charge on any atom is 0.230 e. The van der Waals surface area contributed by atoms with Gasteiger partial charge in [-0.25, -0.2) is 4.39 Å². The van der Waals surface area contributed by atoms with Gasteiger partial charge in [-0.3, -0.25) is 14.2 Å². The lowest BCUT2D eigenvalue weighted by molar-refractivity contribution is -0.122. The fourth-order valence-corrected chi connectivity index (χ4v) is 4.09. The Labute approximate surface area is 190 Å². The van der Waals surface area contributed by atoms with Crippen LogP contribution in [0.2, 0.25) is 0 Å². The van der Waals surface area contributed by atoms with E-state index in [1.807, 2.05) is 37.5 Å². The van der Waals surface area contributed by atoms with Gasteiger partial charge in [0.15, 0.2) is 5.16 Å². The maximum atomic E-state index is 13.1. The summed E-state index contributed by atoms with van der Waals surface area (Å²) in [5.74, 6) is -0.852. The van der Waals surface area contributed by atoms with Crippen molar-refractivity contribution >= 4 is 23.6 Å². The number of thioether (sulfide) groups is 1. The summed E-state index contributed by atoms with van der Waals surface area (Å²) in [4.78, 5) is 24.2. The van der Waals surface area contributed by atoms with Gasteiger partial charge in [0.2, 0.25) is 11.8 Å². The van der Waals surface area contributed by atoms with E-state index in [9.17, 15) is 14.0 Å². The summed E-state index contributed by atoms with van der Waals surface area (Å²) in [6.07, 6.45) is 0.323.